The van der Waals surface area contributed by atoms with Gasteiger partial charge in [0.2, 0.25) is 20.0 Å². The van der Waals surface area contributed by atoms with Crippen molar-refractivity contribution < 1.29 is 31.2 Å². The quantitative estimate of drug-likeness (QED) is 0.307. The third kappa shape index (κ3) is 9.51. The molecule has 0 aromatic heterocycles. The predicted molar refractivity (Wildman–Crippen MR) is 185 cm³/mol. The average Bonchev–Trinajstić information content (AvgIpc) is 2.98. The Hall–Kier alpha value is -3.56. The Morgan fingerprint density at radius 3 is 2.04 bits per heavy atom. The lowest BCUT2D eigenvalue weighted by Crippen LogP contribution is -2.48. The number of nitrogens with zero attached hydrogens (tertiary/aromatic N) is 3. The van der Waals surface area contributed by atoms with E-state index in [4.69, 9.17) is 27.9 Å². The van der Waals surface area contributed by atoms with Crippen molar-refractivity contribution in [2.75, 3.05) is 54.0 Å². The topological polar surface area (TPSA) is 145 Å². The molecule has 2 amide bonds. The fourth-order valence-electron chi connectivity index (χ4n) is 4.78. The number of halogens is 2. The highest BCUT2D eigenvalue weighted by Crippen LogP contribution is 2.28. The number of carbonyl (C=O) groups is 2. The Bertz CT molecular complexity index is 1840. The monoisotopic (exact) mass is 725 g/mol. The van der Waals surface area contributed by atoms with E-state index in [1.54, 1.807) is 45.0 Å². The molecule has 1 heterocycles. The van der Waals surface area contributed by atoms with Crippen molar-refractivity contribution in [1.82, 2.24) is 9.62 Å². The maximum atomic E-state index is 13.5. The summed E-state index contributed by atoms with van der Waals surface area (Å²) in [5.41, 5.74) is 1.07. The Balaban J connectivity index is 1.47. The molecular weight excluding hydrogens is 689 g/mol. The first-order chi connectivity index (χ1) is 21.8. The highest BCUT2D eigenvalue weighted by atomic mass is 35.5. The van der Waals surface area contributed by atoms with Gasteiger partial charge in [0.05, 0.1) is 22.4 Å². The van der Waals surface area contributed by atoms with Gasteiger partial charge in [-0.2, -0.15) is 4.31 Å². The van der Waals surface area contributed by atoms with E-state index in [-0.39, 0.29) is 35.8 Å². The first-order valence-electron chi connectivity index (χ1n) is 14.5. The zero-order valence-corrected chi connectivity index (χ0v) is 29.7. The lowest BCUT2D eigenvalue weighted by atomic mass is 10.1. The van der Waals surface area contributed by atoms with Crippen LogP contribution in [0, 0.1) is 0 Å². The summed E-state index contributed by atoms with van der Waals surface area (Å²) in [6.45, 7) is 6.60. The van der Waals surface area contributed by atoms with Crippen LogP contribution < -0.4 is 19.8 Å². The highest BCUT2D eigenvalue weighted by molar-refractivity contribution is 7.92. The van der Waals surface area contributed by atoms with Gasteiger partial charge in [0.1, 0.15) is 5.60 Å². The minimum atomic E-state index is -3.82. The summed E-state index contributed by atoms with van der Waals surface area (Å²) in [5, 5.41) is 6.32. The Kier molecular flexibility index (Phi) is 11.0. The molecule has 0 aliphatic carbocycles. The predicted octanol–water partition coefficient (Wildman–Crippen LogP) is 5.18. The molecule has 3 aromatic carbocycles. The lowest BCUT2D eigenvalue weighted by Gasteiger charge is -2.35. The number of carbonyl (C=O) groups excluding carboxylic acids is 2. The number of hydrogen-bond donors (Lipinski definition) is 2. The summed E-state index contributed by atoms with van der Waals surface area (Å²) in [6.07, 6.45) is 0.363. The van der Waals surface area contributed by atoms with Gasteiger partial charge in [0.25, 0.3) is 5.91 Å². The summed E-state index contributed by atoms with van der Waals surface area (Å²) >= 11 is 12.3. The standard InChI is InChI=1S/C31H37Cl2N5O7S2/c1-31(2,3)45-30(40)34-20-21-6-11-28(36(4)46(5,41)42)27(16-21)29(39)35-24-7-9-26(10-8-24)47(43,44)38-14-12-37(13-15-38)25-18-22(32)17-23(33)19-25/h6-11,16-19H,12-15,20H2,1-5H3,(H,34,40)(H,35,39). The normalized spacial score (nSPS) is 14.4. The molecule has 1 fully saturated rings. The first kappa shape index (κ1) is 36.3. The number of nitrogens with one attached hydrogen (secondary N) is 2. The molecule has 47 heavy (non-hydrogen) atoms. The zero-order chi connectivity index (χ0) is 34.7. The maximum Gasteiger partial charge on any atom is 0.407 e. The van der Waals surface area contributed by atoms with E-state index in [0.717, 1.165) is 16.2 Å². The van der Waals surface area contributed by atoms with Crippen molar-refractivity contribution in [2.24, 2.45) is 0 Å². The number of amides is 2. The number of sulfonamides is 2. The molecule has 1 aliphatic heterocycles. The molecule has 0 unspecified atom stereocenters. The van der Waals surface area contributed by atoms with Gasteiger partial charge in [-0.05, 0) is 80.9 Å². The van der Waals surface area contributed by atoms with Crippen LogP contribution in [0.5, 0.6) is 0 Å². The van der Waals surface area contributed by atoms with Crippen molar-refractivity contribution in [3.05, 3.63) is 81.8 Å². The van der Waals surface area contributed by atoms with Crippen LogP contribution in [0.15, 0.2) is 65.6 Å². The minimum absolute atomic E-state index is 0.0196. The third-order valence-corrected chi connectivity index (χ3v) is 10.7. The second-order valence-corrected chi connectivity index (χ2v) is 16.8. The Labute approximate surface area is 285 Å². The maximum absolute atomic E-state index is 13.5. The molecular formula is C31H37Cl2N5O7S2. The molecule has 2 N–H and O–H groups in total. The summed E-state index contributed by atoms with van der Waals surface area (Å²) in [6, 6.07) is 15.5. The van der Waals surface area contributed by atoms with Gasteiger partial charge in [-0.3, -0.25) is 9.10 Å². The lowest BCUT2D eigenvalue weighted by molar-refractivity contribution is 0.0523. The Morgan fingerprint density at radius 2 is 1.49 bits per heavy atom. The molecule has 254 valence electrons. The van der Waals surface area contributed by atoms with Crippen molar-refractivity contribution >= 4 is 72.3 Å². The molecule has 0 saturated carbocycles. The summed E-state index contributed by atoms with van der Waals surface area (Å²) < 4.78 is 59.1. The van der Waals surface area contributed by atoms with E-state index in [2.05, 4.69) is 10.6 Å². The number of rotatable bonds is 9. The van der Waals surface area contributed by atoms with E-state index in [1.807, 2.05) is 4.90 Å². The summed E-state index contributed by atoms with van der Waals surface area (Å²) in [7, 11) is -6.22. The molecule has 12 nitrogen and oxygen atoms in total. The van der Waals surface area contributed by atoms with Gasteiger partial charge in [0, 0.05) is 61.2 Å². The molecule has 0 bridgehead atoms. The zero-order valence-electron chi connectivity index (χ0n) is 26.6. The number of piperazine rings is 1. The third-order valence-electron chi connectivity index (χ3n) is 7.18. The smallest absolute Gasteiger partial charge is 0.407 e. The van der Waals surface area contributed by atoms with E-state index < -0.39 is 37.6 Å². The van der Waals surface area contributed by atoms with Crippen LogP contribution in [0.4, 0.5) is 21.9 Å². The molecule has 0 radical (unpaired) electrons. The van der Waals surface area contributed by atoms with Crippen molar-refractivity contribution in [1.29, 1.82) is 0 Å². The van der Waals surface area contributed by atoms with Gasteiger partial charge >= 0.3 is 6.09 Å². The molecule has 1 aliphatic rings. The van der Waals surface area contributed by atoms with Crippen LogP contribution in [-0.4, -0.2) is 78.2 Å². The van der Waals surface area contributed by atoms with E-state index >= 15 is 0 Å². The van der Waals surface area contributed by atoms with E-state index in [1.165, 1.54) is 47.8 Å². The van der Waals surface area contributed by atoms with Gasteiger partial charge < -0.3 is 20.3 Å². The van der Waals surface area contributed by atoms with Crippen molar-refractivity contribution in [3.8, 4) is 0 Å². The largest absolute Gasteiger partial charge is 0.444 e. The number of anilines is 3. The number of hydrogen-bond acceptors (Lipinski definition) is 8. The minimum Gasteiger partial charge on any atom is -0.444 e. The van der Waals surface area contributed by atoms with Crippen LogP contribution in [0.3, 0.4) is 0 Å². The number of ether oxygens (including phenoxy) is 1. The molecule has 1 saturated heterocycles. The van der Waals surface area contributed by atoms with Gasteiger partial charge in [-0.15, -0.1) is 0 Å². The van der Waals surface area contributed by atoms with Crippen molar-refractivity contribution in [3.63, 3.8) is 0 Å². The molecule has 0 atom stereocenters. The molecule has 3 aromatic rings. The van der Waals surface area contributed by atoms with E-state index in [9.17, 15) is 26.4 Å². The van der Waals surface area contributed by atoms with Crippen LogP contribution in [0.2, 0.25) is 10.0 Å². The van der Waals surface area contributed by atoms with Crippen LogP contribution in [0.25, 0.3) is 0 Å². The van der Waals surface area contributed by atoms with Crippen molar-refractivity contribution in [2.45, 2.75) is 37.8 Å². The fraction of sp³-hybridized carbons (Fsp3) is 0.355. The van der Waals surface area contributed by atoms with Gasteiger partial charge in [0.15, 0.2) is 0 Å². The average molecular weight is 727 g/mol. The molecule has 4 rings (SSSR count). The first-order valence-corrected chi connectivity index (χ1v) is 18.5. The van der Waals surface area contributed by atoms with Crippen LogP contribution >= 0.6 is 23.2 Å². The number of alkyl carbamates (subject to hydrolysis) is 1. The SMILES string of the molecule is CN(c1ccc(CNC(=O)OC(C)(C)C)cc1C(=O)Nc1ccc(S(=O)(=O)N2CCN(c3cc(Cl)cc(Cl)c3)CC2)cc1)S(C)(=O)=O. The fourth-order valence-corrected chi connectivity index (χ4v) is 7.24. The number of benzene rings is 3. The highest BCUT2D eigenvalue weighted by Gasteiger charge is 2.29. The molecule has 0 spiro atoms. The van der Waals surface area contributed by atoms with Crippen LogP contribution in [0.1, 0.15) is 36.7 Å². The molecule has 16 heteroatoms. The summed E-state index contributed by atoms with van der Waals surface area (Å²) in [4.78, 5) is 27.7. The van der Waals surface area contributed by atoms with Gasteiger partial charge in [-0.25, -0.2) is 21.6 Å². The second-order valence-electron chi connectivity index (χ2n) is 11.9. The van der Waals surface area contributed by atoms with E-state index in [0.29, 0.717) is 34.4 Å². The van der Waals surface area contributed by atoms with Crippen LogP contribution in [-0.2, 0) is 31.3 Å². The van der Waals surface area contributed by atoms with Gasteiger partial charge in [-0.1, -0.05) is 29.3 Å². The Morgan fingerprint density at radius 1 is 0.894 bits per heavy atom. The summed E-state index contributed by atoms with van der Waals surface area (Å²) in [5.74, 6) is -0.637. The second kappa shape index (κ2) is 14.3.